The zero-order chi connectivity index (χ0) is 13.7. The van der Waals surface area contributed by atoms with Crippen molar-refractivity contribution in [2.24, 2.45) is 5.84 Å². The Morgan fingerprint density at radius 2 is 2.00 bits per heavy atom. The van der Waals surface area contributed by atoms with Crippen molar-refractivity contribution in [3.63, 3.8) is 0 Å². The molecule has 0 spiro atoms. The molecule has 2 aromatic rings. The number of benzene rings is 1. The number of carbonyl (C=O) groups excluding carboxylic acids is 1. The number of amides is 1. The second-order valence-electron chi connectivity index (χ2n) is 3.88. The van der Waals surface area contributed by atoms with Crippen LogP contribution in [-0.2, 0) is 6.54 Å². The van der Waals surface area contributed by atoms with Gasteiger partial charge in [-0.2, -0.15) is 0 Å². The highest BCUT2D eigenvalue weighted by Crippen LogP contribution is 2.10. The summed E-state index contributed by atoms with van der Waals surface area (Å²) in [7, 11) is 0. The maximum atomic E-state index is 11.9. The smallest absolute Gasteiger partial charge is 0.270 e. The summed E-state index contributed by atoms with van der Waals surface area (Å²) in [6, 6.07) is 11.0. The summed E-state index contributed by atoms with van der Waals surface area (Å²) in [6.45, 7) is 0.452. The van der Waals surface area contributed by atoms with E-state index < -0.39 is 0 Å². The Balaban J connectivity index is 1.99. The largest absolute Gasteiger partial charge is 0.347 e. The van der Waals surface area contributed by atoms with Crippen LogP contribution in [0.2, 0.25) is 0 Å². The fraction of sp³-hybridized carbons (Fsp3) is 0.0769. The summed E-state index contributed by atoms with van der Waals surface area (Å²) in [5, 5.41) is 2.80. The van der Waals surface area contributed by atoms with Gasteiger partial charge in [0.1, 0.15) is 5.69 Å². The number of nitrogen functional groups attached to an aromatic ring is 1. The van der Waals surface area contributed by atoms with Gasteiger partial charge in [-0.25, -0.2) is 0 Å². The van der Waals surface area contributed by atoms with Crippen LogP contribution in [-0.4, -0.2) is 10.9 Å². The van der Waals surface area contributed by atoms with Crippen molar-refractivity contribution < 1.29 is 4.79 Å². The first-order valence-corrected chi connectivity index (χ1v) is 6.43. The molecule has 0 bridgehead atoms. The highest BCUT2D eigenvalue weighted by molar-refractivity contribution is 9.10. The number of halogens is 1. The van der Waals surface area contributed by atoms with Gasteiger partial charge in [-0.3, -0.25) is 15.6 Å². The summed E-state index contributed by atoms with van der Waals surface area (Å²) in [5.74, 6) is 5.05. The molecule has 6 heteroatoms. The van der Waals surface area contributed by atoms with Gasteiger partial charge < -0.3 is 10.7 Å². The molecule has 0 saturated heterocycles. The number of hydrogen-bond acceptors (Lipinski definition) is 4. The van der Waals surface area contributed by atoms with E-state index in [0.29, 0.717) is 17.9 Å². The predicted molar refractivity (Wildman–Crippen MR) is 77.4 cm³/mol. The maximum Gasteiger partial charge on any atom is 0.270 e. The number of hydrazine groups is 1. The highest BCUT2D eigenvalue weighted by Gasteiger charge is 2.07. The lowest BCUT2D eigenvalue weighted by Crippen LogP contribution is -2.24. The Morgan fingerprint density at radius 1 is 1.26 bits per heavy atom. The second-order valence-corrected chi connectivity index (χ2v) is 4.80. The Morgan fingerprint density at radius 3 is 2.68 bits per heavy atom. The van der Waals surface area contributed by atoms with Gasteiger partial charge in [0.05, 0.1) is 5.69 Å². The first kappa shape index (κ1) is 13.5. The summed E-state index contributed by atoms with van der Waals surface area (Å²) < 4.78 is 1.01. The molecule has 2 rings (SSSR count). The van der Waals surface area contributed by atoms with Gasteiger partial charge in [0.2, 0.25) is 0 Å². The Bertz CT molecular complexity index is 571. The predicted octanol–water partition coefficient (Wildman–Crippen LogP) is 2.06. The quantitative estimate of drug-likeness (QED) is 0.595. The normalized spacial score (nSPS) is 10.0. The third-order valence-electron chi connectivity index (χ3n) is 2.53. The van der Waals surface area contributed by atoms with Crippen LogP contribution in [0.25, 0.3) is 0 Å². The summed E-state index contributed by atoms with van der Waals surface area (Å²) in [4.78, 5) is 15.9. The van der Waals surface area contributed by atoms with Gasteiger partial charge in [-0.05, 0) is 29.8 Å². The fourth-order valence-electron chi connectivity index (χ4n) is 1.52. The zero-order valence-corrected chi connectivity index (χ0v) is 11.6. The van der Waals surface area contributed by atoms with E-state index in [1.54, 1.807) is 12.1 Å². The van der Waals surface area contributed by atoms with E-state index >= 15 is 0 Å². The number of nitrogens with one attached hydrogen (secondary N) is 2. The minimum Gasteiger partial charge on any atom is -0.347 e. The lowest BCUT2D eigenvalue weighted by atomic mass is 10.2. The van der Waals surface area contributed by atoms with Crippen molar-refractivity contribution in [1.29, 1.82) is 0 Å². The average Bonchev–Trinajstić information content (AvgIpc) is 2.46. The number of nitrogens with two attached hydrogens (primary N) is 1. The standard InChI is InChI=1S/C13H13BrN4O/c14-10-3-1-9(2-4-10)8-17-13(19)12-7-11(18-15)5-6-16-12/h1-7H,8,15H2,(H,16,18)(H,17,19). The molecule has 1 heterocycles. The molecule has 0 atom stereocenters. The third kappa shape index (κ3) is 3.77. The van der Waals surface area contributed by atoms with Crippen LogP contribution < -0.4 is 16.6 Å². The first-order valence-electron chi connectivity index (χ1n) is 5.64. The van der Waals surface area contributed by atoms with E-state index in [1.165, 1.54) is 6.20 Å². The zero-order valence-electron chi connectivity index (χ0n) is 10.1. The molecule has 5 nitrogen and oxygen atoms in total. The monoisotopic (exact) mass is 320 g/mol. The number of pyridine rings is 1. The Labute approximate surface area is 119 Å². The Hall–Kier alpha value is -1.92. The van der Waals surface area contributed by atoms with Gasteiger partial charge in [-0.1, -0.05) is 28.1 Å². The van der Waals surface area contributed by atoms with Crippen LogP contribution in [0.1, 0.15) is 16.1 Å². The first-order chi connectivity index (χ1) is 9.19. The number of nitrogens with zero attached hydrogens (tertiary/aromatic N) is 1. The molecule has 4 N–H and O–H groups in total. The molecule has 0 fully saturated rings. The molecule has 0 unspecified atom stereocenters. The van der Waals surface area contributed by atoms with E-state index in [0.717, 1.165) is 10.0 Å². The van der Waals surface area contributed by atoms with Gasteiger partial charge in [0.15, 0.2) is 0 Å². The van der Waals surface area contributed by atoms with Crippen LogP contribution in [0.15, 0.2) is 47.1 Å². The van der Waals surface area contributed by atoms with Crippen LogP contribution in [0.3, 0.4) is 0 Å². The number of anilines is 1. The number of carbonyl (C=O) groups is 1. The highest BCUT2D eigenvalue weighted by atomic mass is 79.9. The topological polar surface area (TPSA) is 80.0 Å². The average molecular weight is 321 g/mol. The summed E-state index contributed by atoms with van der Waals surface area (Å²) >= 11 is 3.36. The Kier molecular flexibility index (Phi) is 4.48. The number of aromatic nitrogens is 1. The van der Waals surface area contributed by atoms with E-state index in [-0.39, 0.29) is 5.91 Å². The number of hydrogen-bond donors (Lipinski definition) is 3. The van der Waals surface area contributed by atoms with Crippen LogP contribution in [0.4, 0.5) is 5.69 Å². The summed E-state index contributed by atoms with van der Waals surface area (Å²) in [5.41, 5.74) is 4.46. The van der Waals surface area contributed by atoms with E-state index in [2.05, 4.69) is 31.7 Å². The van der Waals surface area contributed by atoms with E-state index in [4.69, 9.17) is 5.84 Å². The van der Waals surface area contributed by atoms with Crippen LogP contribution >= 0.6 is 15.9 Å². The molecule has 0 aliphatic heterocycles. The van der Waals surface area contributed by atoms with Crippen molar-refractivity contribution in [2.75, 3.05) is 5.43 Å². The van der Waals surface area contributed by atoms with E-state index in [9.17, 15) is 4.79 Å². The number of rotatable bonds is 4. The molecular formula is C13H13BrN4O. The van der Waals surface area contributed by atoms with Crippen molar-refractivity contribution in [1.82, 2.24) is 10.3 Å². The van der Waals surface area contributed by atoms with E-state index in [1.807, 2.05) is 24.3 Å². The molecular weight excluding hydrogens is 308 g/mol. The molecule has 0 aliphatic carbocycles. The van der Waals surface area contributed by atoms with Crippen LogP contribution in [0.5, 0.6) is 0 Å². The minimum absolute atomic E-state index is 0.236. The van der Waals surface area contributed by atoms with Gasteiger partial charge in [0, 0.05) is 17.2 Å². The van der Waals surface area contributed by atoms with Crippen molar-refractivity contribution in [2.45, 2.75) is 6.54 Å². The lowest BCUT2D eigenvalue weighted by Gasteiger charge is -2.06. The second kappa shape index (κ2) is 6.31. The molecule has 0 saturated carbocycles. The summed E-state index contributed by atoms with van der Waals surface area (Å²) in [6.07, 6.45) is 1.53. The molecule has 98 valence electrons. The molecule has 1 aromatic heterocycles. The molecule has 0 radical (unpaired) electrons. The maximum absolute atomic E-state index is 11.9. The van der Waals surface area contributed by atoms with Crippen molar-refractivity contribution in [3.8, 4) is 0 Å². The minimum atomic E-state index is -0.236. The third-order valence-corrected chi connectivity index (χ3v) is 3.05. The van der Waals surface area contributed by atoms with Gasteiger partial charge in [-0.15, -0.1) is 0 Å². The molecule has 0 aliphatic rings. The molecule has 1 aromatic carbocycles. The molecule has 19 heavy (non-hydrogen) atoms. The fourth-order valence-corrected chi connectivity index (χ4v) is 1.78. The van der Waals surface area contributed by atoms with Gasteiger partial charge in [0.25, 0.3) is 5.91 Å². The lowest BCUT2D eigenvalue weighted by molar-refractivity contribution is 0.0946. The van der Waals surface area contributed by atoms with Crippen molar-refractivity contribution >= 4 is 27.5 Å². The molecule has 1 amide bonds. The van der Waals surface area contributed by atoms with Crippen LogP contribution in [0, 0.1) is 0 Å². The van der Waals surface area contributed by atoms with Crippen molar-refractivity contribution in [3.05, 3.63) is 58.3 Å². The SMILES string of the molecule is NNc1ccnc(C(=O)NCc2ccc(Br)cc2)c1. The van der Waals surface area contributed by atoms with Gasteiger partial charge >= 0.3 is 0 Å².